The maximum Gasteiger partial charge on any atom is 0.290 e. The quantitative estimate of drug-likeness (QED) is 0.557. The lowest BCUT2D eigenvalue weighted by molar-refractivity contribution is -0.684. The zero-order chi connectivity index (χ0) is 16.2. The number of hydrogen-bond donors (Lipinski definition) is 3. The van der Waals surface area contributed by atoms with Crippen LogP contribution >= 0.6 is 0 Å². The van der Waals surface area contributed by atoms with E-state index in [-0.39, 0.29) is 23.9 Å². The lowest BCUT2D eigenvalue weighted by Crippen LogP contribution is -2.39. The second-order valence-electron chi connectivity index (χ2n) is 4.70. The summed E-state index contributed by atoms with van der Waals surface area (Å²) in [5, 5.41) is 12.4. The fourth-order valence-electron chi connectivity index (χ4n) is 1.80. The number of amides is 1. The Balaban J connectivity index is 2.04. The average molecular weight is 322 g/mol. The van der Waals surface area contributed by atoms with Gasteiger partial charge in [0.05, 0.1) is 11.9 Å². The van der Waals surface area contributed by atoms with Crippen LogP contribution in [0.15, 0.2) is 48.8 Å². The van der Waals surface area contributed by atoms with E-state index in [9.17, 15) is 18.3 Å². The number of aromatic nitrogens is 1. The smallest absolute Gasteiger partial charge is 0.290 e. The monoisotopic (exact) mass is 322 g/mol. The molecule has 7 nitrogen and oxygen atoms in total. The van der Waals surface area contributed by atoms with Crippen LogP contribution in [0.5, 0.6) is 5.75 Å². The highest BCUT2D eigenvalue weighted by Gasteiger charge is 2.11. The van der Waals surface area contributed by atoms with Crippen LogP contribution in [0.2, 0.25) is 0 Å². The molecule has 1 aromatic heterocycles. The first-order valence-electron chi connectivity index (χ1n) is 6.38. The number of phenolic OH excluding ortho intramolecular Hbond substituents is 1. The lowest BCUT2D eigenvalue weighted by Gasteiger charge is -2.09. The molecule has 0 unspecified atom stereocenters. The van der Waals surface area contributed by atoms with Crippen molar-refractivity contribution in [2.24, 2.45) is 0 Å². The van der Waals surface area contributed by atoms with Gasteiger partial charge in [-0.05, 0) is 12.1 Å². The van der Waals surface area contributed by atoms with Gasteiger partial charge >= 0.3 is 0 Å². The van der Waals surface area contributed by atoms with E-state index in [1.165, 1.54) is 18.2 Å². The van der Waals surface area contributed by atoms with Gasteiger partial charge in [-0.3, -0.25) is 9.52 Å². The third-order valence-corrected chi connectivity index (χ3v) is 3.27. The molecule has 1 heterocycles. The summed E-state index contributed by atoms with van der Waals surface area (Å²) in [4.78, 5) is 11.9. The molecule has 2 rings (SSSR count). The molecule has 0 spiro atoms. The fourth-order valence-corrected chi connectivity index (χ4v) is 2.37. The molecule has 0 aliphatic heterocycles. The number of phenols is 1. The number of carbonyl (C=O) groups excluding carboxylic acids is 1. The standard InChI is InChI=1S/C14H15N3O4S/c1-22(20,21)16-12-6-5-11(9-13(12)18)15-14(19)10-17-7-3-2-4-8-17/h2-9,16H,10H2,1H3,(H-,15,18,19)/p+1. The van der Waals surface area contributed by atoms with Gasteiger partial charge in [0.15, 0.2) is 12.4 Å². The molecule has 0 aliphatic rings. The van der Waals surface area contributed by atoms with E-state index in [0.717, 1.165) is 6.26 Å². The van der Waals surface area contributed by atoms with Crippen molar-refractivity contribution in [3.8, 4) is 5.75 Å². The maximum atomic E-state index is 11.9. The molecule has 0 radical (unpaired) electrons. The number of carbonyl (C=O) groups is 1. The average Bonchev–Trinajstić information content (AvgIpc) is 2.41. The molecule has 0 bridgehead atoms. The fraction of sp³-hybridized carbons (Fsp3) is 0.143. The number of anilines is 2. The second kappa shape index (κ2) is 6.44. The van der Waals surface area contributed by atoms with Crippen LogP contribution in [0.1, 0.15) is 0 Å². The summed E-state index contributed by atoms with van der Waals surface area (Å²) in [5.74, 6) is -0.532. The van der Waals surface area contributed by atoms with Gasteiger partial charge < -0.3 is 10.4 Å². The van der Waals surface area contributed by atoms with Gasteiger partial charge in [0.1, 0.15) is 5.75 Å². The van der Waals surface area contributed by atoms with Crippen LogP contribution < -0.4 is 14.6 Å². The lowest BCUT2D eigenvalue weighted by atomic mass is 10.2. The van der Waals surface area contributed by atoms with Gasteiger partial charge in [0.2, 0.25) is 16.6 Å². The first kappa shape index (κ1) is 15.8. The zero-order valence-electron chi connectivity index (χ0n) is 11.9. The van der Waals surface area contributed by atoms with Crippen molar-refractivity contribution in [3.05, 3.63) is 48.8 Å². The minimum Gasteiger partial charge on any atom is -0.506 e. The summed E-state index contributed by atoms with van der Waals surface area (Å²) in [6.45, 7) is 0.130. The predicted molar refractivity (Wildman–Crippen MR) is 81.8 cm³/mol. The summed E-state index contributed by atoms with van der Waals surface area (Å²) < 4.78 is 26.1. The molecule has 22 heavy (non-hydrogen) atoms. The Morgan fingerprint density at radius 2 is 1.91 bits per heavy atom. The molecule has 2 aromatic rings. The maximum absolute atomic E-state index is 11.9. The number of aromatic hydroxyl groups is 1. The summed E-state index contributed by atoms with van der Waals surface area (Å²) in [6, 6.07) is 9.62. The normalized spacial score (nSPS) is 11.0. The summed E-state index contributed by atoms with van der Waals surface area (Å²) >= 11 is 0. The largest absolute Gasteiger partial charge is 0.506 e. The molecule has 116 valence electrons. The molecule has 0 fully saturated rings. The minimum atomic E-state index is -3.48. The van der Waals surface area contributed by atoms with E-state index in [2.05, 4.69) is 10.0 Å². The summed E-state index contributed by atoms with van der Waals surface area (Å²) in [7, 11) is -3.48. The number of sulfonamides is 1. The van der Waals surface area contributed by atoms with Crippen molar-refractivity contribution in [3.63, 3.8) is 0 Å². The Morgan fingerprint density at radius 1 is 1.23 bits per heavy atom. The molecule has 0 atom stereocenters. The number of nitrogens with zero attached hydrogens (tertiary/aromatic N) is 1. The molecule has 8 heteroatoms. The van der Waals surface area contributed by atoms with E-state index in [4.69, 9.17) is 0 Å². The van der Waals surface area contributed by atoms with E-state index in [1.54, 1.807) is 17.0 Å². The summed E-state index contributed by atoms with van der Waals surface area (Å²) in [5.41, 5.74) is 0.427. The van der Waals surface area contributed by atoms with Crippen molar-refractivity contribution in [2.45, 2.75) is 6.54 Å². The molecule has 3 N–H and O–H groups in total. The van der Waals surface area contributed by atoms with Gasteiger partial charge in [-0.25, -0.2) is 8.42 Å². The Bertz CT molecular complexity index is 776. The Morgan fingerprint density at radius 3 is 2.50 bits per heavy atom. The summed E-state index contributed by atoms with van der Waals surface area (Å²) in [6.07, 6.45) is 4.51. The van der Waals surface area contributed by atoms with Gasteiger partial charge in [-0.2, -0.15) is 4.57 Å². The third-order valence-electron chi connectivity index (χ3n) is 2.68. The minimum absolute atomic E-state index is 0.0536. The van der Waals surface area contributed by atoms with Crippen molar-refractivity contribution in [1.82, 2.24) is 0 Å². The van der Waals surface area contributed by atoms with Crippen LogP contribution in [0.4, 0.5) is 11.4 Å². The molecule has 0 aliphatic carbocycles. The van der Waals surface area contributed by atoms with E-state index in [0.29, 0.717) is 5.69 Å². The van der Waals surface area contributed by atoms with Gasteiger partial charge in [0.25, 0.3) is 5.91 Å². The van der Waals surface area contributed by atoms with Crippen LogP contribution in [0.3, 0.4) is 0 Å². The van der Waals surface area contributed by atoms with Crippen molar-refractivity contribution in [2.75, 3.05) is 16.3 Å². The van der Waals surface area contributed by atoms with Gasteiger partial charge in [0, 0.05) is 23.9 Å². The van der Waals surface area contributed by atoms with Crippen molar-refractivity contribution < 1.29 is 22.9 Å². The topological polar surface area (TPSA) is 99.4 Å². The Hall–Kier alpha value is -2.61. The van der Waals surface area contributed by atoms with Gasteiger partial charge in [-0.15, -0.1) is 0 Å². The van der Waals surface area contributed by atoms with Gasteiger partial charge in [-0.1, -0.05) is 6.07 Å². The highest BCUT2D eigenvalue weighted by atomic mass is 32.2. The molecular weight excluding hydrogens is 306 g/mol. The zero-order valence-corrected chi connectivity index (χ0v) is 12.7. The number of benzene rings is 1. The SMILES string of the molecule is CS(=O)(=O)Nc1ccc(NC(=O)C[n+]2ccccc2)cc1O. The second-order valence-corrected chi connectivity index (χ2v) is 6.45. The number of pyridine rings is 1. The van der Waals surface area contributed by atoms with E-state index >= 15 is 0 Å². The first-order valence-corrected chi connectivity index (χ1v) is 8.27. The molecule has 0 saturated heterocycles. The molecule has 0 saturated carbocycles. The third kappa shape index (κ3) is 4.74. The first-order chi connectivity index (χ1) is 10.3. The number of nitrogens with one attached hydrogen (secondary N) is 2. The molecular formula is C14H16N3O4S+. The number of rotatable bonds is 5. The van der Waals surface area contributed by atoms with Crippen molar-refractivity contribution in [1.29, 1.82) is 0 Å². The molecule has 1 amide bonds. The highest BCUT2D eigenvalue weighted by Crippen LogP contribution is 2.27. The van der Waals surface area contributed by atoms with Crippen LogP contribution in [0.25, 0.3) is 0 Å². The van der Waals surface area contributed by atoms with Crippen LogP contribution in [0, 0.1) is 0 Å². The van der Waals surface area contributed by atoms with Crippen LogP contribution in [-0.2, 0) is 21.4 Å². The van der Waals surface area contributed by atoms with Crippen LogP contribution in [-0.4, -0.2) is 25.7 Å². The highest BCUT2D eigenvalue weighted by molar-refractivity contribution is 7.92. The number of hydrogen-bond acceptors (Lipinski definition) is 4. The van der Waals surface area contributed by atoms with Crippen molar-refractivity contribution >= 4 is 27.3 Å². The molecule has 1 aromatic carbocycles. The Kier molecular flexibility index (Phi) is 4.62. The van der Waals surface area contributed by atoms with E-state index < -0.39 is 10.0 Å². The van der Waals surface area contributed by atoms with E-state index in [1.807, 2.05) is 18.2 Å². The predicted octanol–water partition coefficient (Wildman–Crippen LogP) is 0.690. The Labute approximate surface area is 128 Å².